The average Bonchev–Trinajstić information content (AvgIpc) is 2.69. The van der Waals surface area contributed by atoms with E-state index in [9.17, 15) is 14.4 Å². The van der Waals surface area contributed by atoms with Crippen molar-refractivity contribution in [1.29, 1.82) is 0 Å². The minimum Gasteiger partial charge on any atom is -0.467 e. The molecule has 2 amide bonds. The SMILES string of the molecule is CC[C@@H](C)[C@H](NC(=O)[C@H](CC(C)C)NC(=O)OCc1ccccc1)C(=O)OC. The number of esters is 1. The van der Waals surface area contributed by atoms with E-state index in [1.165, 1.54) is 7.11 Å². The summed E-state index contributed by atoms with van der Waals surface area (Å²) in [5.41, 5.74) is 0.852. The second kappa shape index (κ2) is 12.0. The lowest BCUT2D eigenvalue weighted by molar-refractivity contribution is -0.146. The highest BCUT2D eigenvalue weighted by molar-refractivity contribution is 5.89. The van der Waals surface area contributed by atoms with Crippen LogP contribution in [0.15, 0.2) is 30.3 Å². The summed E-state index contributed by atoms with van der Waals surface area (Å²) in [6, 6.07) is 7.71. The fourth-order valence-electron chi connectivity index (χ4n) is 2.66. The standard InChI is InChI=1S/C21H32N2O5/c1-6-15(4)18(20(25)27-5)23-19(24)17(12-14(2)3)22-21(26)28-13-16-10-8-7-9-11-16/h7-11,14-15,17-18H,6,12-13H2,1-5H3,(H,22,26)(H,23,24)/t15-,17+,18+/m1/s1. The van der Waals surface area contributed by atoms with Crippen molar-refractivity contribution in [1.82, 2.24) is 10.6 Å². The minimum absolute atomic E-state index is 0.0962. The van der Waals surface area contributed by atoms with Crippen LogP contribution in [0.5, 0.6) is 0 Å². The minimum atomic E-state index is -0.806. The van der Waals surface area contributed by atoms with Crippen LogP contribution in [-0.2, 0) is 25.7 Å². The lowest BCUT2D eigenvalue weighted by Gasteiger charge is -2.26. The molecular weight excluding hydrogens is 360 g/mol. The van der Waals surface area contributed by atoms with E-state index in [0.717, 1.165) is 5.56 Å². The van der Waals surface area contributed by atoms with Crippen LogP contribution in [0.25, 0.3) is 0 Å². The third kappa shape index (κ3) is 7.98. The van der Waals surface area contributed by atoms with Gasteiger partial charge in [0.15, 0.2) is 0 Å². The number of rotatable bonds is 10. The molecule has 28 heavy (non-hydrogen) atoms. The summed E-state index contributed by atoms with van der Waals surface area (Å²) in [5.74, 6) is -0.870. The van der Waals surface area contributed by atoms with Gasteiger partial charge in [-0.05, 0) is 23.8 Å². The molecule has 7 nitrogen and oxygen atoms in total. The predicted molar refractivity (Wildman–Crippen MR) is 106 cm³/mol. The Morgan fingerprint density at radius 2 is 1.68 bits per heavy atom. The zero-order chi connectivity index (χ0) is 21.1. The number of methoxy groups -OCH3 is 1. The molecular formula is C21H32N2O5. The zero-order valence-electron chi connectivity index (χ0n) is 17.4. The summed E-state index contributed by atoms with van der Waals surface area (Å²) in [6.07, 6.45) is 0.435. The third-order valence-electron chi connectivity index (χ3n) is 4.49. The monoisotopic (exact) mass is 392 g/mol. The molecule has 1 aromatic rings. The Labute approximate surface area is 167 Å². The molecule has 7 heteroatoms. The first kappa shape index (κ1) is 23.5. The lowest BCUT2D eigenvalue weighted by Crippen LogP contribution is -2.54. The van der Waals surface area contributed by atoms with Crippen LogP contribution in [-0.4, -0.2) is 37.2 Å². The van der Waals surface area contributed by atoms with E-state index in [2.05, 4.69) is 10.6 Å². The first-order valence-corrected chi connectivity index (χ1v) is 9.63. The largest absolute Gasteiger partial charge is 0.467 e. The third-order valence-corrected chi connectivity index (χ3v) is 4.49. The van der Waals surface area contributed by atoms with E-state index in [-0.39, 0.29) is 18.4 Å². The molecule has 1 aromatic carbocycles. The molecule has 0 aromatic heterocycles. The van der Waals surface area contributed by atoms with Crippen LogP contribution in [0.3, 0.4) is 0 Å². The van der Waals surface area contributed by atoms with Gasteiger partial charge in [-0.1, -0.05) is 64.4 Å². The van der Waals surface area contributed by atoms with Crippen LogP contribution < -0.4 is 10.6 Å². The van der Waals surface area contributed by atoms with Gasteiger partial charge >= 0.3 is 12.1 Å². The van der Waals surface area contributed by atoms with Gasteiger partial charge in [0.1, 0.15) is 18.7 Å². The summed E-state index contributed by atoms with van der Waals surface area (Å²) < 4.78 is 10.0. The van der Waals surface area contributed by atoms with Crippen molar-refractivity contribution in [2.75, 3.05) is 7.11 Å². The highest BCUT2D eigenvalue weighted by Crippen LogP contribution is 2.12. The Hall–Kier alpha value is -2.57. The van der Waals surface area contributed by atoms with Gasteiger partial charge in [-0.2, -0.15) is 0 Å². The van der Waals surface area contributed by atoms with Gasteiger partial charge in [-0.3, -0.25) is 4.79 Å². The summed E-state index contributed by atoms with van der Waals surface area (Å²) in [4.78, 5) is 36.9. The number of carbonyl (C=O) groups is 3. The predicted octanol–water partition coefficient (Wildman–Crippen LogP) is 3.03. The molecule has 0 saturated carbocycles. The van der Waals surface area contributed by atoms with Crippen LogP contribution in [0, 0.1) is 11.8 Å². The van der Waals surface area contributed by atoms with Crippen molar-refractivity contribution in [3.8, 4) is 0 Å². The number of hydrogen-bond acceptors (Lipinski definition) is 5. The Balaban J connectivity index is 2.75. The van der Waals surface area contributed by atoms with Crippen LogP contribution >= 0.6 is 0 Å². The summed E-state index contributed by atoms with van der Waals surface area (Å²) in [6.45, 7) is 7.80. The molecule has 0 unspecified atom stereocenters. The van der Waals surface area contributed by atoms with Gasteiger partial charge in [-0.15, -0.1) is 0 Å². The molecule has 2 N–H and O–H groups in total. The van der Waals surface area contributed by atoms with Crippen molar-refractivity contribution in [3.05, 3.63) is 35.9 Å². The highest BCUT2D eigenvalue weighted by atomic mass is 16.5. The molecule has 0 radical (unpaired) electrons. The van der Waals surface area contributed by atoms with Gasteiger partial charge in [0, 0.05) is 0 Å². The van der Waals surface area contributed by atoms with E-state index in [0.29, 0.717) is 12.8 Å². The van der Waals surface area contributed by atoms with Gasteiger partial charge in [-0.25, -0.2) is 9.59 Å². The van der Waals surface area contributed by atoms with Crippen molar-refractivity contribution in [3.63, 3.8) is 0 Å². The number of hydrogen-bond donors (Lipinski definition) is 2. The average molecular weight is 392 g/mol. The van der Waals surface area contributed by atoms with Gasteiger partial charge in [0.25, 0.3) is 0 Å². The number of benzene rings is 1. The number of ether oxygens (including phenoxy) is 2. The molecule has 1 rings (SSSR count). The molecule has 0 saturated heterocycles. The van der Waals surface area contributed by atoms with Crippen LogP contribution in [0.2, 0.25) is 0 Å². The maximum absolute atomic E-state index is 12.8. The Bertz CT molecular complexity index is 633. The van der Waals surface area contributed by atoms with Gasteiger partial charge in [0.05, 0.1) is 7.11 Å². The Morgan fingerprint density at radius 1 is 1.04 bits per heavy atom. The van der Waals surface area contributed by atoms with E-state index >= 15 is 0 Å². The number of carbonyl (C=O) groups excluding carboxylic acids is 3. The summed E-state index contributed by atoms with van der Waals surface area (Å²) >= 11 is 0. The first-order chi connectivity index (χ1) is 13.3. The second-order valence-corrected chi connectivity index (χ2v) is 7.28. The molecule has 156 valence electrons. The fraction of sp³-hybridized carbons (Fsp3) is 0.571. The molecule has 0 heterocycles. The quantitative estimate of drug-likeness (QED) is 0.597. The summed E-state index contributed by atoms with van der Waals surface area (Å²) in [5, 5.41) is 5.33. The van der Waals surface area contributed by atoms with E-state index < -0.39 is 30.1 Å². The van der Waals surface area contributed by atoms with Crippen molar-refractivity contribution in [2.45, 2.75) is 59.2 Å². The number of alkyl carbamates (subject to hydrolysis) is 1. The molecule has 0 aliphatic heterocycles. The molecule has 0 bridgehead atoms. The fourth-order valence-corrected chi connectivity index (χ4v) is 2.66. The van der Waals surface area contributed by atoms with Crippen molar-refractivity contribution >= 4 is 18.0 Å². The molecule has 0 spiro atoms. The van der Waals surface area contributed by atoms with E-state index in [1.807, 2.05) is 58.0 Å². The molecule has 3 atom stereocenters. The number of amides is 2. The van der Waals surface area contributed by atoms with Gasteiger partial charge < -0.3 is 20.1 Å². The highest BCUT2D eigenvalue weighted by Gasteiger charge is 2.31. The van der Waals surface area contributed by atoms with Crippen LogP contribution in [0.1, 0.15) is 46.1 Å². The van der Waals surface area contributed by atoms with Crippen molar-refractivity contribution in [2.24, 2.45) is 11.8 Å². The van der Waals surface area contributed by atoms with Crippen molar-refractivity contribution < 1.29 is 23.9 Å². The Kier molecular flexibility index (Phi) is 10.1. The maximum Gasteiger partial charge on any atom is 0.408 e. The molecule has 0 aliphatic rings. The second-order valence-electron chi connectivity index (χ2n) is 7.28. The molecule has 0 aliphatic carbocycles. The smallest absolute Gasteiger partial charge is 0.408 e. The zero-order valence-corrected chi connectivity index (χ0v) is 17.4. The Morgan fingerprint density at radius 3 is 2.21 bits per heavy atom. The van der Waals surface area contributed by atoms with Crippen LogP contribution in [0.4, 0.5) is 4.79 Å². The lowest BCUT2D eigenvalue weighted by atomic mass is 9.97. The molecule has 0 fully saturated rings. The topological polar surface area (TPSA) is 93.7 Å². The van der Waals surface area contributed by atoms with E-state index in [4.69, 9.17) is 9.47 Å². The number of nitrogens with one attached hydrogen (secondary N) is 2. The maximum atomic E-state index is 12.8. The van der Waals surface area contributed by atoms with Gasteiger partial charge in [0.2, 0.25) is 5.91 Å². The van der Waals surface area contributed by atoms with E-state index in [1.54, 1.807) is 0 Å². The normalized spacial score (nSPS) is 13.9. The summed E-state index contributed by atoms with van der Waals surface area (Å²) in [7, 11) is 1.29. The first-order valence-electron chi connectivity index (χ1n) is 9.63.